The first-order valence-corrected chi connectivity index (χ1v) is 12.6. The standard InChI is InChI=1S/C32H24N2O6/c33-32(37)23-11-6-12-24-30(23)31-25(16-21(26-14-7-15-38-26)17-28(31)39-19-29(35)36)34(24)18-20-8-4-5-13-27(20)40-22-9-2-1-3-10-22/h1-17H,18-19H2,(H2,33,37)(H,35,36). The van der Waals surface area contributed by atoms with Crippen molar-refractivity contribution in [1.29, 1.82) is 0 Å². The number of para-hydroxylation sites is 2. The molecule has 1 amide bonds. The van der Waals surface area contributed by atoms with Crippen LogP contribution in [0.1, 0.15) is 15.9 Å². The highest BCUT2D eigenvalue weighted by Gasteiger charge is 2.23. The highest BCUT2D eigenvalue weighted by atomic mass is 16.5. The minimum absolute atomic E-state index is 0.303. The molecule has 0 atom stereocenters. The van der Waals surface area contributed by atoms with Crippen molar-refractivity contribution in [2.75, 3.05) is 6.61 Å². The number of amides is 1. The summed E-state index contributed by atoms with van der Waals surface area (Å²) >= 11 is 0. The molecule has 3 N–H and O–H groups in total. The molecule has 0 saturated carbocycles. The summed E-state index contributed by atoms with van der Waals surface area (Å²) in [5, 5.41) is 10.5. The van der Waals surface area contributed by atoms with E-state index < -0.39 is 18.5 Å². The maximum absolute atomic E-state index is 12.6. The number of ether oxygens (including phenoxy) is 2. The van der Waals surface area contributed by atoms with Gasteiger partial charge in [0.25, 0.3) is 0 Å². The van der Waals surface area contributed by atoms with Crippen molar-refractivity contribution in [2.24, 2.45) is 5.73 Å². The molecule has 0 aliphatic rings. The number of primary amides is 1. The molecular formula is C32H24N2O6. The number of hydrogen-bond donors (Lipinski definition) is 2. The molecule has 198 valence electrons. The number of carboxylic acid groups (broad SMARTS) is 1. The molecule has 0 aliphatic heterocycles. The van der Waals surface area contributed by atoms with Gasteiger partial charge in [-0.1, -0.05) is 42.5 Å². The van der Waals surface area contributed by atoms with Gasteiger partial charge in [-0.25, -0.2) is 4.79 Å². The summed E-state index contributed by atoms with van der Waals surface area (Å²) in [5.41, 5.74) is 9.15. The molecule has 2 heterocycles. The van der Waals surface area contributed by atoms with Crippen LogP contribution in [0.4, 0.5) is 0 Å². The maximum atomic E-state index is 12.6. The van der Waals surface area contributed by atoms with E-state index in [-0.39, 0.29) is 0 Å². The first-order chi connectivity index (χ1) is 19.5. The molecule has 0 unspecified atom stereocenters. The van der Waals surface area contributed by atoms with Gasteiger partial charge in [0.05, 0.1) is 29.2 Å². The van der Waals surface area contributed by atoms with Gasteiger partial charge in [-0.05, 0) is 54.6 Å². The number of hydrogen-bond acceptors (Lipinski definition) is 5. The molecule has 8 heteroatoms. The SMILES string of the molecule is NC(=O)c1cccc2c1c1c(OCC(=O)O)cc(-c3ccco3)cc1n2Cc1ccccc1Oc1ccccc1. The van der Waals surface area contributed by atoms with Crippen LogP contribution in [0.15, 0.2) is 108 Å². The van der Waals surface area contributed by atoms with Crippen LogP contribution in [0.25, 0.3) is 33.1 Å². The number of carbonyl (C=O) groups is 2. The Hall–Kier alpha value is -5.50. The van der Waals surface area contributed by atoms with Crippen molar-refractivity contribution in [1.82, 2.24) is 4.57 Å². The summed E-state index contributed by atoms with van der Waals surface area (Å²) < 4.78 is 19.7. The predicted molar refractivity (Wildman–Crippen MR) is 151 cm³/mol. The largest absolute Gasteiger partial charge is 0.481 e. The predicted octanol–water partition coefficient (Wildman–Crippen LogP) is 6.46. The third kappa shape index (κ3) is 4.63. The molecule has 2 aromatic heterocycles. The first kappa shape index (κ1) is 24.8. The number of aliphatic carboxylic acids is 1. The Kier molecular flexibility index (Phi) is 6.41. The van der Waals surface area contributed by atoms with Gasteiger partial charge in [-0.2, -0.15) is 0 Å². The minimum Gasteiger partial charge on any atom is -0.481 e. The van der Waals surface area contributed by atoms with E-state index in [0.717, 1.165) is 11.1 Å². The zero-order chi connectivity index (χ0) is 27.6. The quantitative estimate of drug-likeness (QED) is 0.221. The topological polar surface area (TPSA) is 117 Å². The number of nitrogens with zero attached hydrogens (tertiary/aromatic N) is 1. The van der Waals surface area contributed by atoms with Gasteiger partial charge in [0, 0.05) is 22.1 Å². The Morgan fingerprint density at radius 3 is 2.38 bits per heavy atom. The number of carboxylic acids is 1. The third-order valence-corrected chi connectivity index (χ3v) is 6.65. The highest BCUT2D eigenvalue weighted by Crippen LogP contribution is 2.42. The van der Waals surface area contributed by atoms with Gasteiger partial charge in [-0.15, -0.1) is 0 Å². The fraction of sp³-hybridized carbons (Fsp3) is 0.0625. The molecule has 8 nitrogen and oxygen atoms in total. The van der Waals surface area contributed by atoms with Gasteiger partial charge >= 0.3 is 5.97 Å². The zero-order valence-electron chi connectivity index (χ0n) is 21.2. The van der Waals surface area contributed by atoms with Crippen LogP contribution < -0.4 is 15.2 Å². The van der Waals surface area contributed by atoms with Crippen molar-refractivity contribution >= 4 is 33.7 Å². The van der Waals surface area contributed by atoms with Crippen LogP contribution in [-0.2, 0) is 11.3 Å². The molecule has 0 radical (unpaired) electrons. The average molecular weight is 533 g/mol. The van der Waals surface area contributed by atoms with Crippen molar-refractivity contribution in [3.8, 4) is 28.6 Å². The number of rotatable bonds is 9. The van der Waals surface area contributed by atoms with E-state index in [2.05, 4.69) is 0 Å². The van der Waals surface area contributed by atoms with E-state index in [9.17, 15) is 14.7 Å². The van der Waals surface area contributed by atoms with Gasteiger partial charge < -0.3 is 29.3 Å². The molecule has 6 rings (SSSR count). The molecule has 0 aliphatic carbocycles. The normalized spacial score (nSPS) is 11.1. The summed E-state index contributed by atoms with van der Waals surface area (Å²) in [5.74, 6) is 0.551. The Balaban J connectivity index is 1.61. The molecule has 0 bridgehead atoms. The van der Waals surface area contributed by atoms with E-state index in [1.54, 1.807) is 30.5 Å². The van der Waals surface area contributed by atoms with Crippen LogP contribution in [-0.4, -0.2) is 28.2 Å². The summed E-state index contributed by atoms with van der Waals surface area (Å²) in [7, 11) is 0. The number of aromatic nitrogens is 1. The van der Waals surface area contributed by atoms with E-state index in [1.807, 2.05) is 77.4 Å². The first-order valence-electron chi connectivity index (χ1n) is 12.6. The van der Waals surface area contributed by atoms with Gasteiger partial charge in [-0.3, -0.25) is 4.79 Å². The average Bonchev–Trinajstić information content (AvgIpc) is 3.60. The number of carbonyl (C=O) groups excluding carboxylic acids is 1. The van der Waals surface area contributed by atoms with E-state index in [0.29, 0.717) is 57.0 Å². The molecule has 0 spiro atoms. The third-order valence-electron chi connectivity index (χ3n) is 6.65. The molecule has 0 fully saturated rings. The summed E-state index contributed by atoms with van der Waals surface area (Å²) in [6, 6.07) is 29.8. The second-order valence-corrected chi connectivity index (χ2v) is 9.20. The fourth-order valence-electron chi connectivity index (χ4n) is 4.96. The fourth-order valence-corrected chi connectivity index (χ4v) is 4.96. The number of fused-ring (bicyclic) bond motifs is 3. The zero-order valence-corrected chi connectivity index (χ0v) is 21.2. The van der Waals surface area contributed by atoms with Crippen LogP contribution >= 0.6 is 0 Å². The second kappa shape index (κ2) is 10.3. The van der Waals surface area contributed by atoms with Crippen LogP contribution in [0.3, 0.4) is 0 Å². The van der Waals surface area contributed by atoms with Crippen LogP contribution in [0.5, 0.6) is 17.2 Å². The van der Waals surface area contributed by atoms with Crippen molar-refractivity contribution in [3.05, 3.63) is 114 Å². The van der Waals surface area contributed by atoms with E-state index in [1.165, 1.54) is 0 Å². The van der Waals surface area contributed by atoms with Crippen molar-refractivity contribution in [2.45, 2.75) is 6.54 Å². The van der Waals surface area contributed by atoms with Crippen molar-refractivity contribution < 1.29 is 28.6 Å². The monoisotopic (exact) mass is 532 g/mol. The Labute approximate surface area is 228 Å². The molecule has 40 heavy (non-hydrogen) atoms. The summed E-state index contributed by atoms with van der Waals surface area (Å²) in [6.07, 6.45) is 1.56. The van der Waals surface area contributed by atoms with E-state index in [4.69, 9.17) is 19.6 Å². The lowest BCUT2D eigenvalue weighted by molar-refractivity contribution is -0.139. The van der Waals surface area contributed by atoms with Crippen LogP contribution in [0, 0.1) is 0 Å². The van der Waals surface area contributed by atoms with Crippen LogP contribution in [0.2, 0.25) is 0 Å². The number of benzene rings is 4. The summed E-state index contributed by atoms with van der Waals surface area (Å²) in [4.78, 5) is 24.0. The minimum atomic E-state index is -1.12. The smallest absolute Gasteiger partial charge is 0.341 e. The lowest BCUT2D eigenvalue weighted by atomic mass is 10.0. The number of furan rings is 1. The van der Waals surface area contributed by atoms with Gasteiger partial charge in [0.1, 0.15) is 23.0 Å². The molecule has 6 aromatic rings. The highest BCUT2D eigenvalue weighted by molar-refractivity contribution is 6.20. The van der Waals surface area contributed by atoms with E-state index >= 15 is 0 Å². The maximum Gasteiger partial charge on any atom is 0.341 e. The lowest BCUT2D eigenvalue weighted by Crippen LogP contribution is -2.11. The Bertz CT molecular complexity index is 1860. The second-order valence-electron chi connectivity index (χ2n) is 9.20. The van der Waals surface area contributed by atoms with Gasteiger partial charge in [0.15, 0.2) is 6.61 Å². The van der Waals surface area contributed by atoms with Crippen molar-refractivity contribution in [3.63, 3.8) is 0 Å². The van der Waals surface area contributed by atoms with Gasteiger partial charge in [0.2, 0.25) is 5.91 Å². The molecular weight excluding hydrogens is 508 g/mol. The number of nitrogens with two attached hydrogens (primary N) is 1. The summed E-state index contributed by atoms with van der Waals surface area (Å²) in [6.45, 7) is -0.179. The lowest BCUT2D eigenvalue weighted by Gasteiger charge is -2.14. The molecule has 0 saturated heterocycles. The Morgan fingerprint density at radius 1 is 0.825 bits per heavy atom. The Morgan fingerprint density at radius 2 is 1.62 bits per heavy atom. The molecule has 4 aromatic carbocycles.